The van der Waals surface area contributed by atoms with Gasteiger partial charge in [-0.1, -0.05) is 42.5 Å². The van der Waals surface area contributed by atoms with E-state index in [-0.39, 0.29) is 17.3 Å². The van der Waals surface area contributed by atoms with Gasteiger partial charge >= 0.3 is 0 Å². The number of rotatable bonds is 8. The number of sulfonamides is 1. The Balaban J connectivity index is 1.30. The monoisotopic (exact) mass is 489 g/mol. The zero-order chi connectivity index (χ0) is 24.3. The topological polar surface area (TPSA) is 96.3 Å². The summed E-state index contributed by atoms with van der Waals surface area (Å²) in [6.07, 6.45) is 1.77. The predicted molar refractivity (Wildman–Crippen MR) is 137 cm³/mol. The standard InChI is InChI=1S/C26H27N5O3S/c32-25(28-21-12-14-22(15-13-21)35(33,34)30-16-6-7-17-30)19-31-24-11-5-4-10-23(24)29-26(31)27-18-20-8-2-1-3-9-20/h1-5,8-15H,6-7,16-19H2,(H,27,29)(H,28,32). The third-order valence-electron chi connectivity index (χ3n) is 6.09. The Morgan fingerprint density at radius 3 is 2.31 bits per heavy atom. The number of anilines is 2. The first-order valence-electron chi connectivity index (χ1n) is 11.6. The summed E-state index contributed by atoms with van der Waals surface area (Å²) in [4.78, 5) is 17.8. The van der Waals surface area contributed by atoms with Crippen LogP contribution in [0.1, 0.15) is 18.4 Å². The van der Waals surface area contributed by atoms with Crippen LogP contribution in [0.4, 0.5) is 11.6 Å². The van der Waals surface area contributed by atoms with Crippen molar-refractivity contribution in [1.82, 2.24) is 13.9 Å². The van der Waals surface area contributed by atoms with Crippen LogP contribution in [0, 0.1) is 0 Å². The molecule has 1 aliphatic heterocycles. The number of aromatic nitrogens is 2. The lowest BCUT2D eigenvalue weighted by Gasteiger charge is -2.16. The Hall–Kier alpha value is -3.69. The van der Waals surface area contributed by atoms with Crippen LogP contribution in [-0.2, 0) is 27.9 Å². The number of hydrogen-bond donors (Lipinski definition) is 2. The highest BCUT2D eigenvalue weighted by Gasteiger charge is 2.27. The van der Waals surface area contributed by atoms with Gasteiger partial charge in [0.25, 0.3) is 0 Å². The van der Waals surface area contributed by atoms with E-state index in [4.69, 9.17) is 0 Å². The maximum Gasteiger partial charge on any atom is 0.244 e. The SMILES string of the molecule is O=C(Cn1c(NCc2ccccc2)nc2ccccc21)Nc1ccc(S(=O)(=O)N2CCCC2)cc1. The van der Waals surface area contributed by atoms with Crippen LogP contribution in [0.15, 0.2) is 83.8 Å². The molecule has 2 heterocycles. The molecular formula is C26H27N5O3S. The summed E-state index contributed by atoms with van der Waals surface area (Å²) >= 11 is 0. The molecular weight excluding hydrogens is 462 g/mol. The fourth-order valence-corrected chi connectivity index (χ4v) is 5.80. The minimum absolute atomic E-state index is 0.0610. The first-order valence-corrected chi connectivity index (χ1v) is 13.1. The number of nitrogens with zero attached hydrogens (tertiary/aromatic N) is 3. The second-order valence-electron chi connectivity index (χ2n) is 8.53. The minimum Gasteiger partial charge on any atom is -0.352 e. The lowest BCUT2D eigenvalue weighted by Crippen LogP contribution is -2.27. The Kier molecular flexibility index (Phi) is 6.52. The molecule has 3 aromatic carbocycles. The van der Waals surface area contributed by atoms with E-state index in [1.54, 1.807) is 24.3 Å². The molecule has 0 spiro atoms. The minimum atomic E-state index is -3.48. The molecule has 0 bridgehead atoms. The van der Waals surface area contributed by atoms with E-state index in [0.717, 1.165) is 29.4 Å². The third-order valence-corrected chi connectivity index (χ3v) is 8.00. The first-order chi connectivity index (χ1) is 17.0. The number of nitrogens with one attached hydrogen (secondary N) is 2. The molecule has 2 N–H and O–H groups in total. The molecule has 35 heavy (non-hydrogen) atoms. The Morgan fingerprint density at radius 1 is 0.886 bits per heavy atom. The van der Waals surface area contributed by atoms with Gasteiger partial charge in [-0.05, 0) is 54.8 Å². The van der Waals surface area contributed by atoms with Crippen molar-refractivity contribution < 1.29 is 13.2 Å². The fourth-order valence-electron chi connectivity index (χ4n) is 4.28. The largest absolute Gasteiger partial charge is 0.352 e. The van der Waals surface area contributed by atoms with Crippen LogP contribution in [0.2, 0.25) is 0 Å². The first kappa shape index (κ1) is 23.1. The van der Waals surface area contributed by atoms with Crippen LogP contribution in [0.3, 0.4) is 0 Å². The van der Waals surface area contributed by atoms with Crippen molar-refractivity contribution in [3.63, 3.8) is 0 Å². The van der Waals surface area contributed by atoms with E-state index < -0.39 is 10.0 Å². The van der Waals surface area contributed by atoms with Gasteiger partial charge in [-0.2, -0.15) is 4.31 Å². The summed E-state index contributed by atoms with van der Waals surface area (Å²) in [7, 11) is -3.48. The molecule has 0 radical (unpaired) electrons. The Labute approximate surface area is 204 Å². The molecule has 0 atom stereocenters. The van der Waals surface area contributed by atoms with Gasteiger partial charge in [0.1, 0.15) is 6.54 Å². The molecule has 5 rings (SSSR count). The summed E-state index contributed by atoms with van der Waals surface area (Å²) in [6.45, 7) is 1.75. The van der Waals surface area contributed by atoms with E-state index in [1.165, 1.54) is 4.31 Å². The predicted octanol–water partition coefficient (Wildman–Crippen LogP) is 4.07. The maximum atomic E-state index is 12.9. The van der Waals surface area contributed by atoms with Crippen LogP contribution in [0.5, 0.6) is 0 Å². The molecule has 0 unspecified atom stereocenters. The highest BCUT2D eigenvalue weighted by Crippen LogP contribution is 2.23. The fraction of sp³-hybridized carbons (Fsp3) is 0.231. The zero-order valence-electron chi connectivity index (χ0n) is 19.2. The average molecular weight is 490 g/mol. The third kappa shape index (κ3) is 5.06. The van der Waals surface area contributed by atoms with E-state index in [1.807, 2.05) is 59.2 Å². The van der Waals surface area contributed by atoms with Crippen molar-refractivity contribution in [1.29, 1.82) is 0 Å². The van der Waals surface area contributed by atoms with Crippen molar-refractivity contribution in [3.05, 3.63) is 84.4 Å². The maximum absolute atomic E-state index is 12.9. The van der Waals surface area contributed by atoms with Crippen molar-refractivity contribution in [2.24, 2.45) is 0 Å². The second-order valence-corrected chi connectivity index (χ2v) is 10.5. The van der Waals surface area contributed by atoms with Gasteiger partial charge in [-0.15, -0.1) is 0 Å². The molecule has 1 saturated heterocycles. The molecule has 1 fully saturated rings. The number of carbonyl (C=O) groups excluding carboxylic acids is 1. The molecule has 9 heteroatoms. The van der Waals surface area contributed by atoms with Gasteiger partial charge < -0.3 is 15.2 Å². The summed E-state index contributed by atoms with van der Waals surface area (Å²) < 4.78 is 28.8. The molecule has 1 aliphatic rings. The molecule has 8 nitrogen and oxygen atoms in total. The van der Waals surface area contributed by atoms with E-state index in [2.05, 4.69) is 15.6 Å². The van der Waals surface area contributed by atoms with Gasteiger partial charge in [-0.25, -0.2) is 13.4 Å². The molecule has 0 aliphatic carbocycles. The molecule has 180 valence electrons. The van der Waals surface area contributed by atoms with Gasteiger partial charge in [-0.3, -0.25) is 4.79 Å². The van der Waals surface area contributed by atoms with Crippen LogP contribution in [-0.4, -0.2) is 41.3 Å². The average Bonchev–Trinajstić information content (AvgIpc) is 3.53. The molecule has 1 amide bonds. The summed E-state index contributed by atoms with van der Waals surface area (Å²) in [5.41, 5.74) is 3.30. The summed E-state index contributed by atoms with van der Waals surface area (Å²) in [5.74, 6) is 0.378. The number of imidazole rings is 1. The van der Waals surface area contributed by atoms with Crippen molar-refractivity contribution in [3.8, 4) is 0 Å². The van der Waals surface area contributed by atoms with E-state index >= 15 is 0 Å². The van der Waals surface area contributed by atoms with Crippen LogP contribution < -0.4 is 10.6 Å². The Bertz CT molecular complexity index is 1430. The number of hydrogen-bond acceptors (Lipinski definition) is 5. The quantitative estimate of drug-likeness (QED) is 0.389. The van der Waals surface area contributed by atoms with Gasteiger partial charge in [0.15, 0.2) is 0 Å². The van der Waals surface area contributed by atoms with E-state index in [9.17, 15) is 13.2 Å². The number of para-hydroxylation sites is 2. The number of carbonyl (C=O) groups is 1. The summed E-state index contributed by atoms with van der Waals surface area (Å²) in [5, 5.41) is 6.21. The van der Waals surface area contributed by atoms with Gasteiger partial charge in [0, 0.05) is 25.3 Å². The normalized spacial score (nSPS) is 14.3. The highest BCUT2D eigenvalue weighted by atomic mass is 32.2. The number of fused-ring (bicyclic) bond motifs is 1. The van der Waals surface area contributed by atoms with Crippen molar-refractivity contribution in [2.45, 2.75) is 30.8 Å². The van der Waals surface area contributed by atoms with Crippen LogP contribution in [0.25, 0.3) is 11.0 Å². The highest BCUT2D eigenvalue weighted by molar-refractivity contribution is 7.89. The molecule has 4 aromatic rings. The molecule has 0 saturated carbocycles. The van der Waals surface area contributed by atoms with Gasteiger partial charge in [0.05, 0.1) is 15.9 Å². The zero-order valence-corrected chi connectivity index (χ0v) is 20.0. The Morgan fingerprint density at radius 2 is 1.57 bits per heavy atom. The molecule has 1 aromatic heterocycles. The number of benzene rings is 3. The van der Waals surface area contributed by atoms with E-state index in [0.29, 0.717) is 31.3 Å². The second kappa shape index (κ2) is 9.89. The lowest BCUT2D eigenvalue weighted by atomic mass is 10.2. The van der Waals surface area contributed by atoms with Crippen molar-refractivity contribution >= 4 is 38.6 Å². The number of amides is 1. The van der Waals surface area contributed by atoms with Crippen molar-refractivity contribution in [2.75, 3.05) is 23.7 Å². The lowest BCUT2D eigenvalue weighted by molar-refractivity contribution is -0.116. The van der Waals surface area contributed by atoms with Gasteiger partial charge in [0.2, 0.25) is 21.9 Å². The van der Waals surface area contributed by atoms with Crippen LogP contribution >= 0.6 is 0 Å². The summed E-state index contributed by atoms with van der Waals surface area (Å²) in [6, 6.07) is 24.0. The smallest absolute Gasteiger partial charge is 0.244 e.